The van der Waals surface area contributed by atoms with Crippen LogP contribution in [0.2, 0.25) is 0 Å². The van der Waals surface area contributed by atoms with Crippen LogP contribution in [0.3, 0.4) is 0 Å². The average molecular weight is 296 g/mol. The Morgan fingerprint density at radius 1 is 1.24 bits per heavy atom. The van der Waals surface area contributed by atoms with Gasteiger partial charge in [-0.3, -0.25) is 0 Å². The van der Waals surface area contributed by atoms with E-state index in [-0.39, 0.29) is 23.7 Å². The molecule has 0 aromatic heterocycles. The molecule has 3 fully saturated rings. The zero-order valence-electron chi connectivity index (χ0n) is 12.4. The molecule has 0 radical (unpaired) electrons. The number of carbonyl (C=O) groups is 1. The van der Waals surface area contributed by atoms with Crippen molar-refractivity contribution in [1.29, 1.82) is 0 Å². The molecule has 21 heavy (non-hydrogen) atoms. The molecule has 3 aliphatic heterocycles. The van der Waals surface area contributed by atoms with Crippen molar-refractivity contribution < 1.29 is 29.2 Å². The summed E-state index contributed by atoms with van der Waals surface area (Å²) < 4.78 is 16.6. The van der Waals surface area contributed by atoms with Gasteiger partial charge in [0, 0.05) is 17.6 Å². The summed E-state index contributed by atoms with van der Waals surface area (Å²) in [6.07, 6.45) is 0.312. The van der Waals surface area contributed by atoms with Crippen molar-refractivity contribution in [3.05, 3.63) is 11.1 Å². The lowest BCUT2D eigenvalue weighted by Gasteiger charge is -2.30. The van der Waals surface area contributed by atoms with Crippen molar-refractivity contribution in [2.45, 2.75) is 75.3 Å². The minimum absolute atomic E-state index is 0.0271. The number of esters is 1. The first-order chi connectivity index (χ1) is 9.69. The highest BCUT2D eigenvalue weighted by atomic mass is 16.7. The Morgan fingerprint density at radius 2 is 1.95 bits per heavy atom. The lowest BCUT2D eigenvalue weighted by atomic mass is 9.82. The molecule has 6 heteroatoms. The number of epoxide rings is 2. The third-order valence-electron chi connectivity index (χ3n) is 5.44. The fourth-order valence-corrected chi connectivity index (χ4v) is 3.98. The number of rotatable bonds is 0. The van der Waals surface area contributed by atoms with Gasteiger partial charge >= 0.3 is 5.97 Å². The predicted octanol–water partition coefficient (Wildman–Crippen LogP) is 0.408. The fourth-order valence-electron chi connectivity index (χ4n) is 3.98. The minimum atomic E-state index is -1.80. The molecule has 2 N–H and O–H groups in total. The second kappa shape index (κ2) is 3.68. The van der Waals surface area contributed by atoms with E-state index in [4.69, 9.17) is 14.2 Å². The van der Waals surface area contributed by atoms with Gasteiger partial charge in [-0.1, -0.05) is 0 Å². The van der Waals surface area contributed by atoms with Crippen LogP contribution < -0.4 is 0 Å². The highest BCUT2D eigenvalue weighted by Gasteiger charge is 2.67. The summed E-state index contributed by atoms with van der Waals surface area (Å²) in [5.74, 6) is -2.39. The summed E-state index contributed by atoms with van der Waals surface area (Å²) in [6.45, 7) is 5.41. The van der Waals surface area contributed by atoms with Crippen molar-refractivity contribution in [3.8, 4) is 0 Å². The molecule has 4 aliphatic rings. The number of aliphatic hydroxyl groups is 2. The van der Waals surface area contributed by atoms with Crippen LogP contribution in [-0.2, 0) is 19.0 Å². The van der Waals surface area contributed by atoms with Crippen molar-refractivity contribution in [3.63, 3.8) is 0 Å². The summed E-state index contributed by atoms with van der Waals surface area (Å²) >= 11 is 0. The Kier molecular flexibility index (Phi) is 2.40. The monoisotopic (exact) mass is 296 g/mol. The molecule has 0 spiro atoms. The number of fused-ring (bicyclic) bond motifs is 3. The van der Waals surface area contributed by atoms with Gasteiger partial charge in [0.25, 0.3) is 0 Å². The lowest BCUT2D eigenvalue weighted by Crippen LogP contribution is -2.43. The van der Waals surface area contributed by atoms with E-state index in [9.17, 15) is 15.0 Å². The fraction of sp³-hybridized carbons (Fsp3) is 0.800. The summed E-state index contributed by atoms with van der Waals surface area (Å²) in [4.78, 5) is 11.9. The molecule has 3 heterocycles. The van der Waals surface area contributed by atoms with Crippen molar-refractivity contribution in [2.75, 3.05) is 0 Å². The second-order valence-corrected chi connectivity index (χ2v) is 7.14. The molecule has 2 saturated heterocycles. The standard InChI is InChI=1S/C15H20O6/c1-7-9-10(16)11-13(2,20-11)5-4-8-14(3,19-8)6-15(9,18)21-12(7)17/h8,10-11,16,18H,4-6H2,1-3H3. The van der Waals surface area contributed by atoms with Gasteiger partial charge in [-0.05, 0) is 33.6 Å². The third-order valence-corrected chi connectivity index (χ3v) is 5.44. The van der Waals surface area contributed by atoms with Gasteiger partial charge in [-0.15, -0.1) is 0 Å². The number of hydrogen-bond acceptors (Lipinski definition) is 6. The van der Waals surface area contributed by atoms with Crippen LogP contribution in [0.5, 0.6) is 0 Å². The maximum Gasteiger partial charge on any atom is 0.336 e. The van der Waals surface area contributed by atoms with Crippen molar-refractivity contribution in [1.82, 2.24) is 0 Å². The molecule has 6 atom stereocenters. The van der Waals surface area contributed by atoms with E-state index < -0.39 is 35.2 Å². The molecule has 0 aromatic rings. The van der Waals surface area contributed by atoms with E-state index in [1.54, 1.807) is 6.92 Å². The zero-order chi connectivity index (χ0) is 15.2. The van der Waals surface area contributed by atoms with Gasteiger partial charge in [-0.25, -0.2) is 4.79 Å². The van der Waals surface area contributed by atoms with Gasteiger partial charge in [-0.2, -0.15) is 0 Å². The first kappa shape index (κ1) is 13.7. The topological polar surface area (TPSA) is 91.8 Å². The second-order valence-electron chi connectivity index (χ2n) is 7.14. The molecule has 0 amide bonds. The quantitative estimate of drug-likeness (QED) is 0.497. The maximum atomic E-state index is 11.9. The predicted molar refractivity (Wildman–Crippen MR) is 70.2 cm³/mol. The lowest BCUT2D eigenvalue weighted by molar-refractivity contribution is -0.190. The van der Waals surface area contributed by atoms with E-state index in [1.807, 2.05) is 13.8 Å². The molecule has 0 aromatic carbocycles. The largest absolute Gasteiger partial charge is 0.426 e. The number of hydrogen-bond donors (Lipinski definition) is 2. The smallest absolute Gasteiger partial charge is 0.336 e. The highest BCUT2D eigenvalue weighted by molar-refractivity contribution is 5.92. The number of aliphatic hydroxyl groups excluding tert-OH is 1. The molecular formula is C15H20O6. The molecule has 0 bridgehead atoms. The first-order valence-electron chi connectivity index (χ1n) is 7.39. The normalized spacial score (nSPS) is 55.3. The molecule has 4 rings (SSSR count). The number of carbonyl (C=O) groups excluding carboxylic acids is 1. The maximum absolute atomic E-state index is 11.9. The van der Waals surface area contributed by atoms with Crippen LogP contribution in [0.15, 0.2) is 11.1 Å². The van der Waals surface area contributed by atoms with E-state index >= 15 is 0 Å². The Labute approximate surface area is 122 Å². The van der Waals surface area contributed by atoms with Crippen LogP contribution in [0, 0.1) is 0 Å². The molecular weight excluding hydrogens is 276 g/mol. The molecule has 6 unspecified atom stereocenters. The summed E-state index contributed by atoms with van der Waals surface area (Å²) in [5.41, 5.74) is -0.450. The summed E-state index contributed by atoms with van der Waals surface area (Å²) in [7, 11) is 0. The average Bonchev–Trinajstić information content (AvgIpc) is 3.19. The van der Waals surface area contributed by atoms with Gasteiger partial charge in [0.2, 0.25) is 5.79 Å². The first-order valence-corrected chi connectivity index (χ1v) is 7.39. The molecule has 1 saturated carbocycles. The summed E-state index contributed by atoms with van der Waals surface area (Å²) in [5, 5.41) is 21.4. The van der Waals surface area contributed by atoms with Crippen molar-refractivity contribution in [2.24, 2.45) is 0 Å². The Morgan fingerprint density at radius 3 is 2.67 bits per heavy atom. The SMILES string of the molecule is CC1=C2C(O)C3OC3(C)CCC3OC3(C)CC2(O)OC1=O. The Balaban J connectivity index is 1.77. The molecule has 1 aliphatic carbocycles. The van der Waals surface area contributed by atoms with Crippen LogP contribution in [0.1, 0.15) is 40.0 Å². The highest BCUT2D eigenvalue weighted by Crippen LogP contribution is 2.55. The van der Waals surface area contributed by atoms with Crippen LogP contribution in [0.25, 0.3) is 0 Å². The van der Waals surface area contributed by atoms with E-state index in [0.717, 1.165) is 12.8 Å². The third kappa shape index (κ3) is 1.76. The molecule has 6 nitrogen and oxygen atoms in total. The van der Waals surface area contributed by atoms with E-state index in [2.05, 4.69) is 0 Å². The van der Waals surface area contributed by atoms with Gasteiger partial charge < -0.3 is 24.4 Å². The minimum Gasteiger partial charge on any atom is -0.426 e. The van der Waals surface area contributed by atoms with E-state index in [0.29, 0.717) is 0 Å². The Hall–Kier alpha value is -0.950. The zero-order valence-corrected chi connectivity index (χ0v) is 12.4. The Bertz CT molecular complexity index is 571. The van der Waals surface area contributed by atoms with E-state index in [1.165, 1.54) is 0 Å². The van der Waals surface area contributed by atoms with Crippen LogP contribution in [-0.4, -0.2) is 51.5 Å². The number of ether oxygens (including phenoxy) is 3. The van der Waals surface area contributed by atoms with Gasteiger partial charge in [0.1, 0.15) is 12.2 Å². The van der Waals surface area contributed by atoms with Crippen LogP contribution >= 0.6 is 0 Å². The van der Waals surface area contributed by atoms with Crippen LogP contribution in [0.4, 0.5) is 0 Å². The molecule has 116 valence electrons. The summed E-state index contributed by atoms with van der Waals surface area (Å²) in [6, 6.07) is 0. The van der Waals surface area contributed by atoms with Gasteiger partial charge in [0.05, 0.1) is 17.3 Å². The van der Waals surface area contributed by atoms with Crippen molar-refractivity contribution >= 4 is 5.97 Å². The van der Waals surface area contributed by atoms with Gasteiger partial charge in [0.15, 0.2) is 0 Å².